The molecule has 0 atom stereocenters. The summed E-state index contributed by atoms with van der Waals surface area (Å²) in [5.41, 5.74) is 1.12. The van der Waals surface area contributed by atoms with E-state index >= 15 is 0 Å². The van der Waals surface area contributed by atoms with Crippen molar-refractivity contribution in [2.75, 3.05) is 32.7 Å². The predicted octanol–water partition coefficient (Wildman–Crippen LogP) is 3.25. The van der Waals surface area contributed by atoms with E-state index in [1.165, 1.54) is 5.56 Å². The Morgan fingerprint density at radius 1 is 1.12 bits per heavy atom. The van der Waals surface area contributed by atoms with Crippen LogP contribution in [-0.2, 0) is 10.2 Å². The molecular formula is C21H33N3O2. The Hall–Kier alpha value is -2.04. The number of nitrogens with one attached hydrogen (secondary N) is 1. The van der Waals surface area contributed by atoms with Gasteiger partial charge in [-0.05, 0) is 32.3 Å². The molecule has 0 aromatic heterocycles. The van der Waals surface area contributed by atoms with E-state index in [9.17, 15) is 9.59 Å². The fraction of sp³-hybridized carbons (Fsp3) is 0.619. The van der Waals surface area contributed by atoms with Crippen molar-refractivity contribution in [1.82, 2.24) is 15.1 Å². The number of carbonyl (C=O) groups is 2. The third kappa shape index (κ3) is 4.99. The summed E-state index contributed by atoms with van der Waals surface area (Å²) in [4.78, 5) is 28.7. The molecule has 5 nitrogen and oxygen atoms in total. The van der Waals surface area contributed by atoms with E-state index in [0.29, 0.717) is 19.6 Å². The number of likely N-dealkylation sites (tertiary alicyclic amines) is 1. The van der Waals surface area contributed by atoms with Gasteiger partial charge in [-0.25, -0.2) is 4.79 Å². The van der Waals surface area contributed by atoms with Gasteiger partial charge in [-0.1, -0.05) is 44.2 Å². The van der Waals surface area contributed by atoms with Gasteiger partial charge >= 0.3 is 6.03 Å². The maximum Gasteiger partial charge on any atom is 0.319 e. The molecule has 3 amide bonds. The molecule has 1 aromatic rings. The van der Waals surface area contributed by atoms with E-state index in [-0.39, 0.29) is 23.3 Å². The number of urea groups is 1. The second kappa shape index (κ2) is 9.06. The SMILES string of the molecule is CCN(CC)C(=O)N1CCC(C(=O)NCC(C)(C)c2ccccc2)CC1. The number of piperidine rings is 1. The van der Waals surface area contributed by atoms with Crippen molar-refractivity contribution in [3.05, 3.63) is 35.9 Å². The van der Waals surface area contributed by atoms with Gasteiger partial charge in [0.2, 0.25) is 5.91 Å². The van der Waals surface area contributed by atoms with Gasteiger partial charge in [-0.15, -0.1) is 0 Å². The minimum Gasteiger partial charge on any atom is -0.355 e. The van der Waals surface area contributed by atoms with E-state index < -0.39 is 0 Å². The lowest BCUT2D eigenvalue weighted by molar-refractivity contribution is -0.126. The van der Waals surface area contributed by atoms with Crippen LogP contribution in [0.3, 0.4) is 0 Å². The van der Waals surface area contributed by atoms with Crippen LogP contribution in [0.2, 0.25) is 0 Å². The van der Waals surface area contributed by atoms with Gasteiger partial charge in [0, 0.05) is 44.1 Å². The number of hydrogen-bond donors (Lipinski definition) is 1. The first kappa shape index (κ1) is 20.3. The summed E-state index contributed by atoms with van der Waals surface area (Å²) < 4.78 is 0. The molecule has 1 saturated heterocycles. The van der Waals surface area contributed by atoms with Crippen LogP contribution >= 0.6 is 0 Å². The van der Waals surface area contributed by atoms with E-state index in [1.807, 2.05) is 41.8 Å². The molecule has 26 heavy (non-hydrogen) atoms. The van der Waals surface area contributed by atoms with E-state index in [2.05, 4.69) is 31.3 Å². The van der Waals surface area contributed by atoms with Crippen LogP contribution in [0.25, 0.3) is 0 Å². The van der Waals surface area contributed by atoms with Crippen LogP contribution in [0, 0.1) is 5.92 Å². The quantitative estimate of drug-likeness (QED) is 0.848. The zero-order valence-electron chi connectivity index (χ0n) is 16.6. The molecule has 1 aliphatic rings. The van der Waals surface area contributed by atoms with Crippen molar-refractivity contribution in [3.8, 4) is 0 Å². The summed E-state index contributed by atoms with van der Waals surface area (Å²) in [5, 5.41) is 3.13. The van der Waals surface area contributed by atoms with Crippen LogP contribution in [0.5, 0.6) is 0 Å². The lowest BCUT2D eigenvalue weighted by atomic mass is 9.84. The average molecular weight is 360 g/mol. The van der Waals surface area contributed by atoms with Crippen molar-refractivity contribution in [2.24, 2.45) is 5.92 Å². The van der Waals surface area contributed by atoms with Crippen LogP contribution < -0.4 is 5.32 Å². The Balaban J connectivity index is 1.82. The minimum atomic E-state index is -0.101. The van der Waals surface area contributed by atoms with Crippen molar-refractivity contribution >= 4 is 11.9 Å². The summed E-state index contributed by atoms with van der Waals surface area (Å²) in [7, 11) is 0. The Labute approximate surface area is 157 Å². The molecule has 1 N–H and O–H groups in total. The van der Waals surface area contributed by atoms with E-state index in [0.717, 1.165) is 25.9 Å². The number of benzene rings is 1. The third-order valence-corrected chi connectivity index (χ3v) is 5.43. The summed E-state index contributed by atoms with van der Waals surface area (Å²) in [6, 6.07) is 10.4. The molecule has 1 aromatic carbocycles. The molecule has 0 bridgehead atoms. The summed E-state index contributed by atoms with van der Waals surface area (Å²) in [6.45, 7) is 11.7. The molecule has 0 saturated carbocycles. The van der Waals surface area contributed by atoms with Gasteiger partial charge in [0.1, 0.15) is 0 Å². The molecule has 0 aliphatic carbocycles. The van der Waals surface area contributed by atoms with Crippen molar-refractivity contribution < 1.29 is 9.59 Å². The Morgan fingerprint density at radius 2 is 1.69 bits per heavy atom. The molecule has 1 fully saturated rings. The second-order valence-corrected chi connectivity index (χ2v) is 7.68. The van der Waals surface area contributed by atoms with Crippen LogP contribution in [-0.4, -0.2) is 54.5 Å². The number of amides is 3. The fourth-order valence-electron chi connectivity index (χ4n) is 3.47. The number of hydrogen-bond acceptors (Lipinski definition) is 2. The minimum absolute atomic E-state index is 0.00215. The predicted molar refractivity (Wildman–Crippen MR) is 105 cm³/mol. The fourth-order valence-corrected chi connectivity index (χ4v) is 3.47. The smallest absolute Gasteiger partial charge is 0.319 e. The Morgan fingerprint density at radius 3 is 2.23 bits per heavy atom. The zero-order chi connectivity index (χ0) is 19.2. The van der Waals surface area contributed by atoms with Crippen LogP contribution in [0.15, 0.2) is 30.3 Å². The van der Waals surface area contributed by atoms with Crippen LogP contribution in [0.4, 0.5) is 4.79 Å². The lowest BCUT2D eigenvalue weighted by Crippen LogP contribution is -2.49. The summed E-state index contributed by atoms with van der Waals surface area (Å²) in [6.07, 6.45) is 1.48. The first-order valence-corrected chi connectivity index (χ1v) is 9.76. The van der Waals surface area contributed by atoms with E-state index in [4.69, 9.17) is 0 Å². The molecule has 1 heterocycles. The number of rotatable bonds is 6. The highest BCUT2D eigenvalue weighted by Crippen LogP contribution is 2.23. The largest absolute Gasteiger partial charge is 0.355 e. The van der Waals surface area contributed by atoms with Gasteiger partial charge in [-0.2, -0.15) is 0 Å². The maximum absolute atomic E-state index is 12.6. The second-order valence-electron chi connectivity index (χ2n) is 7.68. The van der Waals surface area contributed by atoms with Gasteiger partial charge in [0.05, 0.1) is 0 Å². The highest BCUT2D eigenvalue weighted by Gasteiger charge is 2.30. The van der Waals surface area contributed by atoms with Gasteiger partial charge in [-0.3, -0.25) is 4.79 Å². The standard InChI is InChI=1S/C21H33N3O2/c1-5-23(6-2)20(26)24-14-12-17(13-15-24)19(25)22-16-21(3,4)18-10-8-7-9-11-18/h7-11,17H,5-6,12-16H2,1-4H3,(H,22,25). The maximum atomic E-state index is 12.6. The monoisotopic (exact) mass is 359 g/mol. The molecular weight excluding hydrogens is 326 g/mol. The molecule has 0 radical (unpaired) electrons. The molecule has 144 valence electrons. The van der Waals surface area contributed by atoms with Crippen molar-refractivity contribution in [3.63, 3.8) is 0 Å². The molecule has 2 rings (SSSR count). The average Bonchev–Trinajstić information content (AvgIpc) is 2.68. The number of nitrogens with zero attached hydrogens (tertiary/aromatic N) is 2. The van der Waals surface area contributed by atoms with Gasteiger partial charge in [0.15, 0.2) is 0 Å². The summed E-state index contributed by atoms with van der Waals surface area (Å²) in [5.74, 6) is 0.117. The summed E-state index contributed by atoms with van der Waals surface area (Å²) >= 11 is 0. The highest BCUT2D eigenvalue weighted by molar-refractivity contribution is 5.79. The van der Waals surface area contributed by atoms with Crippen molar-refractivity contribution in [2.45, 2.75) is 46.0 Å². The number of carbonyl (C=O) groups excluding carboxylic acids is 2. The Bertz CT molecular complexity index is 589. The molecule has 0 spiro atoms. The zero-order valence-corrected chi connectivity index (χ0v) is 16.6. The third-order valence-electron chi connectivity index (χ3n) is 5.43. The normalized spacial score (nSPS) is 15.6. The Kier molecular flexibility index (Phi) is 7.06. The first-order chi connectivity index (χ1) is 12.4. The highest BCUT2D eigenvalue weighted by atomic mass is 16.2. The van der Waals surface area contributed by atoms with Crippen molar-refractivity contribution in [1.29, 1.82) is 0 Å². The lowest BCUT2D eigenvalue weighted by Gasteiger charge is -2.35. The van der Waals surface area contributed by atoms with Gasteiger partial charge < -0.3 is 15.1 Å². The van der Waals surface area contributed by atoms with Crippen LogP contribution in [0.1, 0.15) is 46.1 Å². The topological polar surface area (TPSA) is 52.7 Å². The molecule has 0 unspecified atom stereocenters. The molecule has 5 heteroatoms. The van der Waals surface area contributed by atoms with Gasteiger partial charge in [0.25, 0.3) is 0 Å². The van der Waals surface area contributed by atoms with E-state index in [1.54, 1.807) is 0 Å². The first-order valence-electron chi connectivity index (χ1n) is 9.76. The molecule has 1 aliphatic heterocycles.